The molecule has 0 unspecified atom stereocenters. The quantitative estimate of drug-likeness (QED) is 0.770. The van der Waals surface area contributed by atoms with Crippen LogP contribution in [0.2, 0.25) is 5.02 Å². The van der Waals surface area contributed by atoms with Crippen LogP contribution >= 0.6 is 11.6 Å². The molecular formula is C21H22ClNO. The van der Waals surface area contributed by atoms with Crippen LogP contribution in [0.1, 0.15) is 48.1 Å². The van der Waals surface area contributed by atoms with Crippen LogP contribution in [0.3, 0.4) is 0 Å². The third-order valence-electron chi connectivity index (χ3n) is 4.55. The van der Waals surface area contributed by atoms with E-state index < -0.39 is 0 Å². The molecule has 2 aromatic carbocycles. The fourth-order valence-electron chi connectivity index (χ4n) is 3.14. The van der Waals surface area contributed by atoms with E-state index in [1.807, 2.05) is 31.2 Å². The van der Waals surface area contributed by atoms with Gasteiger partial charge in [0.1, 0.15) is 0 Å². The normalized spacial score (nSPS) is 15.1. The van der Waals surface area contributed by atoms with E-state index in [4.69, 9.17) is 11.6 Å². The van der Waals surface area contributed by atoms with Crippen LogP contribution in [0.15, 0.2) is 48.5 Å². The number of aryl methyl sites for hydroxylation is 2. The number of nitrogens with one attached hydrogen (secondary N) is 1. The van der Waals surface area contributed by atoms with Crippen molar-refractivity contribution in [1.29, 1.82) is 0 Å². The molecule has 0 radical (unpaired) electrons. The monoisotopic (exact) mass is 339 g/mol. The molecule has 124 valence electrons. The van der Waals surface area contributed by atoms with Gasteiger partial charge < -0.3 is 5.32 Å². The van der Waals surface area contributed by atoms with Gasteiger partial charge in [0.15, 0.2) is 0 Å². The lowest BCUT2D eigenvalue weighted by Crippen LogP contribution is -2.24. The van der Waals surface area contributed by atoms with Crippen LogP contribution in [0.25, 0.3) is 6.08 Å². The minimum absolute atomic E-state index is 0.0133. The Morgan fingerprint density at radius 1 is 1.12 bits per heavy atom. The second-order valence-corrected chi connectivity index (χ2v) is 6.73. The average Bonchev–Trinajstić information content (AvgIpc) is 2.60. The predicted octanol–water partition coefficient (Wildman–Crippen LogP) is 5.11. The Morgan fingerprint density at radius 3 is 2.67 bits per heavy atom. The van der Waals surface area contributed by atoms with Gasteiger partial charge in [0.2, 0.25) is 5.91 Å². The fraction of sp³-hybridized carbons (Fsp3) is 0.286. The molecule has 0 fully saturated rings. The summed E-state index contributed by atoms with van der Waals surface area (Å²) in [7, 11) is 0. The number of halogens is 1. The number of carbonyl (C=O) groups is 1. The first-order valence-corrected chi connectivity index (χ1v) is 8.86. The molecule has 24 heavy (non-hydrogen) atoms. The molecule has 0 aromatic heterocycles. The van der Waals surface area contributed by atoms with Crippen LogP contribution in [0, 0.1) is 0 Å². The Morgan fingerprint density at radius 2 is 1.88 bits per heavy atom. The molecular weight excluding hydrogens is 318 g/mol. The zero-order valence-corrected chi connectivity index (χ0v) is 14.6. The molecule has 0 saturated carbocycles. The van der Waals surface area contributed by atoms with E-state index >= 15 is 0 Å². The van der Waals surface area contributed by atoms with Crippen molar-refractivity contribution in [1.82, 2.24) is 5.32 Å². The summed E-state index contributed by atoms with van der Waals surface area (Å²) in [5.41, 5.74) is 4.90. The summed E-state index contributed by atoms with van der Waals surface area (Å²) in [6.45, 7) is 2.02. The number of benzene rings is 2. The van der Waals surface area contributed by atoms with E-state index in [2.05, 4.69) is 23.5 Å². The van der Waals surface area contributed by atoms with Crippen LogP contribution in [0.5, 0.6) is 0 Å². The lowest BCUT2D eigenvalue weighted by Gasteiger charge is -2.19. The number of rotatable bonds is 4. The molecule has 3 heteroatoms. The standard InChI is InChI=1S/C21H22ClNO/c1-15(18-11-10-16-6-2-3-8-19(16)14-18)23-21(24)13-12-17-7-4-5-9-20(17)22/h4-5,7,9-15H,2-3,6,8H2,1H3,(H,23,24)/b13-12+/t15-/m1/s1. The van der Waals surface area contributed by atoms with E-state index in [1.165, 1.54) is 36.5 Å². The molecule has 1 amide bonds. The topological polar surface area (TPSA) is 29.1 Å². The molecule has 1 aliphatic rings. The highest BCUT2D eigenvalue weighted by Crippen LogP contribution is 2.24. The summed E-state index contributed by atoms with van der Waals surface area (Å²) in [6.07, 6.45) is 8.16. The minimum atomic E-state index is -0.111. The number of fused-ring (bicyclic) bond motifs is 1. The molecule has 0 bridgehead atoms. The molecule has 1 N–H and O–H groups in total. The van der Waals surface area contributed by atoms with E-state index in [-0.39, 0.29) is 11.9 Å². The molecule has 0 saturated heterocycles. The van der Waals surface area contributed by atoms with E-state index in [1.54, 1.807) is 6.08 Å². The van der Waals surface area contributed by atoms with Gasteiger partial charge in [-0.15, -0.1) is 0 Å². The van der Waals surface area contributed by atoms with Crippen molar-refractivity contribution in [3.63, 3.8) is 0 Å². The van der Waals surface area contributed by atoms with Gasteiger partial charge >= 0.3 is 0 Å². The van der Waals surface area contributed by atoms with Crippen LogP contribution in [-0.4, -0.2) is 5.91 Å². The SMILES string of the molecule is C[C@@H](NC(=O)/C=C/c1ccccc1Cl)c1ccc2c(c1)CCCC2. The molecule has 3 rings (SSSR count). The Kier molecular flexibility index (Phi) is 5.37. The van der Waals surface area contributed by atoms with E-state index in [0.717, 1.165) is 17.5 Å². The summed E-state index contributed by atoms with van der Waals surface area (Å²) >= 11 is 6.09. The van der Waals surface area contributed by atoms with Crippen molar-refractivity contribution in [3.8, 4) is 0 Å². The zero-order valence-electron chi connectivity index (χ0n) is 13.9. The summed E-state index contributed by atoms with van der Waals surface area (Å²) < 4.78 is 0. The first-order chi connectivity index (χ1) is 11.6. The Balaban J connectivity index is 1.65. The molecule has 0 heterocycles. The molecule has 1 atom stereocenters. The average molecular weight is 340 g/mol. The van der Waals surface area contributed by atoms with Gasteiger partial charge in [-0.25, -0.2) is 0 Å². The smallest absolute Gasteiger partial charge is 0.244 e. The maximum Gasteiger partial charge on any atom is 0.244 e. The molecule has 0 aliphatic heterocycles. The summed E-state index contributed by atoms with van der Waals surface area (Å²) in [5, 5.41) is 3.67. The van der Waals surface area contributed by atoms with Crippen LogP contribution in [0.4, 0.5) is 0 Å². The van der Waals surface area contributed by atoms with Gasteiger partial charge in [0.25, 0.3) is 0 Å². The first-order valence-electron chi connectivity index (χ1n) is 8.48. The van der Waals surface area contributed by atoms with E-state index in [9.17, 15) is 4.79 Å². The van der Waals surface area contributed by atoms with Crippen molar-refractivity contribution < 1.29 is 4.79 Å². The highest BCUT2D eigenvalue weighted by atomic mass is 35.5. The molecule has 2 aromatic rings. The van der Waals surface area contributed by atoms with Crippen LogP contribution < -0.4 is 5.32 Å². The molecule has 1 aliphatic carbocycles. The van der Waals surface area contributed by atoms with Crippen molar-refractivity contribution in [2.75, 3.05) is 0 Å². The summed E-state index contributed by atoms with van der Waals surface area (Å²) in [6, 6.07) is 14.1. The van der Waals surface area contributed by atoms with Crippen molar-refractivity contribution in [2.45, 2.75) is 38.6 Å². The number of hydrogen-bond donors (Lipinski definition) is 1. The Bertz CT molecular complexity index is 766. The Hall–Kier alpha value is -2.06. The van der Waals surface area contributed by atoms with Gasteiger partial charge in [-0.2, -0.15) is 0 Å². The molecule has 2 nitrogen and oxygen atoms in total. The van der Waals surface area contributed by atoms with Gasteiger partial charge in [-0.05, 0) is 67.0 Å². The van der Waals surface area contributed by atoms with Crippen molar-refractivity contribution in [2.24, 2.45) is 0 Å². The van der Waals surface area contributed by atoms with Gasteiger partial charge in [0, 0.05) is 11.1 Å². The van der Waals surface area contributed by atoms with Crippen molar-refractivity contribution in [3.05, 3.63) is 75.8 Å². The van der Waals surface area contributed by atoms with Gasteiger partial charge in [0.05, 0.1) is 6.04 Å². The van der Waals surface area contributed by atoms with Crippen molar-refractivity contribution >= 4 is 23.6 Å². The Labute approximate surface area is 148 Å². The predicted molar refractivity (Wildman–Crippen MR) is 100 cm³/mol. The minimum Gasteiger partial charge on any atom is -0.346 e. The lowest BCUT2D eigenvalue weighted by atomic mass is 9.89. The first kappa shape index (κ1) is 16.8. The summed E-state index contributed by atoms with van der Waals surface area (Å²) in [4.78, 5) is 12.2. The highest BCUT2D eigenvalue weighted by molar-refractivity contribution is 6.32. The number of amides is 1. The van der Waals surface area contributed by atoms with Gasteiger partial charge in [-0.3, -0.25) is 4.79 Å². The second kappa shape index (κ2) is 7.67. The molecule has 0 spiro atoms. The lowest BCUT2D eigenvalue weighted by molar-refractivity contribution is -0.117. The summed E-state index contributed by atoms with van der Waals surface area (Å²) in [5.74, 6) is -0.111. The largest absolute Gasteiger partial charge is 0.346 e. The maximum atomic E-state index is 12.2. The zero-order chi connectivity index (χ0) is 16.9. The maximum absolute atomic E-state index is 12.2. The van der Waals surface area contributed by atoms with E-state index in [0.29, 0.717) is 5.02 Å². The number of hydrogen-bond acceptors (Lipinski definition) is 1. The highest BCUT2D eigenvalue weighted by Gasteiger charge is 2.13. The number of carbonyl (C=O) groups excluding carboxylic acids is 1. The second-order valence-electron chi connectivity index (χ2n) is 6.32. The fourth-order valence-corrected chi connectivity index (χ4v) is 3.34. The van der Waals surface area contributed by atoms with Crippen LogP contribution in [-0.2, 0) is 17.6 Å². The third kappa shape index (κ3) is 4.07. The van der Waals surface area contributed by atoms with Gasteiger partial charge in [-0.1, -0.05) is 48.0 Å². The third-order valence-corrected chi connectivity index (χ3v) is 4.90.